The van der Waals surface area contributed by atoms with Crippen LogP contribution in [0.3, 0.4) is 0 Å². The van der Waals surface area contributed by atoms with E-state index in [0.29, 0.717) is 19.3 Å². The van der Waals surface area contributed by atoms with Crippen molar-refractivity contribution in [3.8, 4) is 0 Å². The minimum Gasteiger partial charge on any atom is -0.476 e. The second-order valence-corrected chi connectivity index (χ2v) is 5.26. The van der Waals surface area contributed by atoms with Crippen molar-refractivity contribution in [1.29, 1.82) is 0 Å². The second-order valence-electron chi connectivity index (χ2n) is 4.40. The summed E-state index contributed by atoms with van der Waals surface area (Å²) in [5.41, 5.74) is 0.776. The zero-order chi connectivity index (χ0) is 12.8. The molecule has 1 aliphatic rings. The number of carboxylic acid groups (broad SMARTS) is 1. The first-order chi connectivity index (χ1) is 8.75. The number of carbonyl (C=O) groups is 1. The molecule has 0 bridgehead atoms. The maximum absolute atomic E-state index is 10.6. The summed E-state index contributed by atoms with van der Waals surface area (Å²) in [6.07, 6.45) is 5.40. The largest absolute Gasteiger partial charge is 0.476 e. The summed E-state index contributed by atoms with van der Waals surface area (Å²) in [7, 11) is 0. The molecule has 0 aliphatic heterocycles. The molecule has 0 spiro atoms. The maximum atomic E-state index is 10.6. The Kier molecular flexibility index (Phi) is 5.10. The van der Waals surface area contributed by atoms with E-state index >= 15 is 0 Å². The van der Waals surface area contributed by atoms with E-state index in [-0.39, 0.29) is 5.01 Å². The van der Waals surface area contributed by atoms with Crippen LogP contribution in [0.4, 0.5) is 0 Å². The van der Waals surface area contributed by atoms with Crippen LogP contribution in [0.2, 0.25) is 0 Å². The van der Waals surface area contributed by atoms with Crippen molar-refractivity contribution in [2.24, 2.45) is 0 Å². The van der Waals surface area contributed by atoms with Crippen LogP contribution in [0.5, 0.6) is 0 Å². The van der Waals surface area contributed by atoms with Crippen LogP contribution in [0.25, 0.3) is 0 Å². The van der Waals surface area contributed by atoms with Crippen LogP contribution in [0.1, 0.15) is 41.2 Å². The van der Waals surface area contributed by atoms with Gasteiger partial charge >= 0.3 is 5.97 Å². The molecule has 0 unspecified atom stereocenters. The minimum absolute atomic E-state index is 0.147. The number of thiazole rings is 1. The highest BCUT2D eigenvalue weighted by Gasteiger charge is 2.14. The van der Waals surface area contributed by atoms with Crippen molar-refractivity contribution < 1.29 is 14.6 Å². The molecular formula is C12H18N2O3S. The fourth-order valence-corrected chi connectivity index (χ4v) is 2.71. The Morgan fingerprint density at radius 1 is 1.56 bits per heavy atom. The number of nitrogens with one attached hydrogen (secondary N) is 1. The van der Waals surface area contributed by atoms with E-state index in [9.17, 15) is 4.79 Å². The molecule has 0 radical (unpaired) electrons. The van der Waals surface area contributed by atoms with E-state index in [0.717, 1.165) is 23.6 Å². The first-order valence-corrected chi connectivity index (χ1v) is 7.13. The molecule has 1 aromatic rings. The molecular weight excluding hydrogens is 252 g/mol. The van der Waals surface area contributed by atoms with Crippen LogP contribution in [0, 0.1) is 0 Å². The molecule has 100 valence electrons. The van der Waals surface area contributed by atoms with Crippen LogP contribution < -0.4 is 5.32 Å². The van der Waals surface area contributed by atoms with E-state index in [1.165, 1.54) is 25.7 Å². The number of hydrogen-bond acceptors (Lipinski definition) is 5. The Bertz CT molecular complexity index is 388. The van der Waals surface area contributed by atoms with Gasteiger partial charge < -0.3 is 15.2 Å². The molecule has 0 aromatic carbocycles. The zero-order valence-corrected chi connectivity index (χ0v) is 11.0. The first kappa shape index (κ1) is 13.5. The summed E-state index contributed by atoms with van der Waals surface area (Å²) in [5, 5.41) is 13.9. The molecule has 0 saturated heterocycles. The molecule has 1 saturated carbocycles. The Morgan fingerprint density at radius 2 is 2.33 bits per heavy atom. The van der Waals surface area contributed by atoms with Crippen molar-refractivity contribution in [1.82, 2.24) is 10.3 Å². The van der Waals surface area contributed by atoms with Crippen molar-refractivity contribution in [2.45, 2.75) is 38.3 Å². The number of rotatable bonds is 7. The van der Waals surface area contributed by atoms with Gasteiger partial charge in [0.1, 0.15) is 0 Å². The zero-order valence-electron chi connectivity index (χ0n) is 10.2. The normalized spacial score (nSPS) is 16.2. The van der Waals surface area contributed by atoms with E-state index in [1.54, 1.807) is 5.38 Å². The summed E-state index contributed by atoms with van der Waals surface area (Å²) in [6, 6.07) is 0. The third kappa shape index (κ3) is 4.04. The van der Waals surface area contributed by atoms with Gasteiger partial charge in [0.15, 0.2) is 0 Å². The van der Waals surface area contributed by atoms with E-state index in [1.807, 2.05) is 0 Å². The van der Waals surface area contributed by atoms with Gasteiger partial charge in [0, 0.05) is 18.5 Å². The number of hydrogen-bond donors (Lipinski definition) is 2. The van der Waals surface area contributed by atoms with Gasteiger partial charge in [0.05, 0.1) is 18.4 Å². The number of ether oxygens (including phenoxy) is 1. The third-order valence-corrected chi connectivity index (χ3v) is 3.85. The SMILES string of the molecule is O=C(O)c1nc(CNCCOC2CCCC2)cs1. The standard InChI is InChI=1S/C12H18N2O3S/c15-12(16)11-14-9(8-18-11)7-13-5-6-17-10-3-1-2-4-10/h8,10,13H,1-7H2,(H,15,16). The van der Waals surface area contributed by atoms with Crippen LogP contribution >= 0.6 is 11.3 Å². The van der Waals surface area contributed by atoms with Gasteiger partial charge in [-0.1, -0.05) is 12.8 Å². The molecule has 2 rings (SSSR count). The molecule has 2 N–H and O–H groups in total. The van der Waals surface area contributed by atoms with Crippen molar-refractivity contribution in [3.63, 3.8) is 0 Å². The average Bonchev–Trinajstić information content (AvgIpc) is 2.98. The minimum atomic E-state index is -0.962. The van der Waals surface area contributed by atoms with E-state index in [2.05, 4.69) is 10.3 Å². The van der Waals surface area contributed by atoms with Gasteiger partial charge in [-0.15, -0.1) is 11.3 Å². The quantitative estimate of drug-likeness (QED) is 0.740. The maximum Gasteiger partial charge on any atom is 0.365 e. The Balaban J connectivity index is 1.58. The lowest BCUT2D eigenvalue weighted by atomic mass is 10.3. The molecule has 1 fully saturated rings. The number of nitrogens with zero attached hydrogens (tertiary/aromatic N) is 1. The second kappa shape index (κ2) is 6.82. The molecule has 0 atom stereocenters. The Morgan fingerprint density at radius 3 is 3.00 bits per heavy atom. The Hall–Kier alpha value is -0.980. The van der Waals surface area contributed by atoms with Crippen molar-refractivity contribution in [3.05, 3.63) is 16.1 Å². The third-order valence-electron chi connectivity index (χ3n) is 2.98. The average molecular weight is 270 g/mol. The summed E-state index contributed by atoms with van der Waals surface area (Å²) < 4.78 is 5.71. The molecule has 1 aromatic heterocycles. The van der Waals surface area contributed by atoms with Gasteiger partial charge in [0.2, 0.25) is 5.01 Å². The molecule has 5 nitrogen and oxygen atoms in total. The van der Waals surface area contributed by atoms with Crippen molar-refractivity contribution in [2.75, 3.05) is 13.2 Å². The lowest BCUT2D eigenvalue weighted by Crippen LogP contribution is -2.22. The predicted molar refractivity (Wildman–Crippen MR) is 69.0 cm³/mol. The molecule has 1 heterocycles. The molecule has 1 aliphatic carbocycles. The Labute approximate surface area is 110 Å². The van der Waals surface area contributed by atoms with Gasteiger partial charge in [0.25, 0.3) is 0 Å². The molecule has 6 heteroatoms. The molecule has 0 amide bonds. The lowest BCUT2D eigenvalue weighted by molar-refractivity contribution is 0.0602. The van der Waals surface area contributed by atoms with E-state index in [4.69, 9.17) is 9.84 Å². The fraction of sp³-hybridized carbons (Fsp3) is 0.667. The summed E-state index contributed by atoms with van der Waals surface area (Å²) in [5.74, 6) is -0.962. The highest BCUT2D eigenvalue weighted by atomic mass is 32.1. The van der Waals surface area contributed by atoms with Gasteiger partial charge in [-0.05, 0) is 12.8 Å². The van der Waals surface area contributed by atoms with Crippen LogP contribution in [-0.4, -0.2) is 35.3 Å². The summed E-state index contributed by atoms with van der Waals surface area (Å²) >= 11 is 1.16. The topological polar surface area (TPSA) is 71.5 Å². The highest BCUT2D eigenvalue weighted by molar-refractivity contribution is 7.11. The summed E-state index contributed by atoms with van der Waals surface area (Å²) in [4.78, 5) is 14.6. The van der Waals surface area contributed by atoms with Crippen LogP contribution in [-0.2, 0) is 11.3 Å². The lowest BCUT2D eigenvalue weighted by Gasteiger charge is -2.10. The monoisotopic (exact) mass is 270 g/mol. The number of carboxylic acids is 1. The first-order valence-electron chi connectivity index (χ1n) is 6.25. The van der Waals surface area contributed by atoms with Gasteiger partial charge in [-0.2, -0.15) is 0 Å². The number of aromatic carboxylic acids is 1. The fourth-order valence-electron chi connectivity index (χ4n) is 2.06. The summed E-state index contributed by atoms with van der Waals surface area (Å²) in [6.45, 7) is 2.08. The van der Waals surface area contributed by atoms with Crippen molar-refractivity contribution >= 4 is 17.3 Å². The highest BCUT2D eigenvalue weighted by Crippen LogP contribution is 2.20. The van der Waals surface area contributed by atoms with Gasteiger partial charge in [-0.3, -0.25) is 0 Å². The van der Waals surface area contributed by atoms with E-state index < -0.39 is 5.97 Å². The molecule has 18 heavy (non-hydrogen) atoms. The smallest absolute Gasteiger partial charge is 0.365 e. The number of aromatic nitrogens is 1. The van der Waals surface area contributed by atoms with Gasteiger partial charge in [-0.25, -0.2) is 9.78 Å². The van der Waals surface area contributed by atoms with Crippen LogP contribution in [0.15, 0.2) is 5.38 Å². The predicted octanol–water partition coefficient (Wildman–Crippen LogP) is 1.89.